The topological polar surface area (TPSA) is 92.5 Å². The minimum absolute atomic E-state index is 0.0683. The second kappa shape index (κ2) is 8.09. The summed E-state index contributed by atoms with van der Waals surface area (Å²) in [6.45, 7) is 4.45. The van der Waals surface area contributed by atoms with Gasteiger partial charge in [-0.2, -0.15) is 0 Å². The number of unbranched alkanes of at least 4 members (excludes halogenated alkanes) is 1. The fourth-order valence-corrected chi connectivity index (χ4v) is 4.31. The number of hydrogen-bond acceptors (Lipinski definition) is 4. The van der Waals surface area contributed by atoms with E-state index >= 15 is 0 Å². The van der Waals surface area contributed by atoms with Gasteiger partial charge in [-0.15, -0.1) is 0 Å². The molecule has 134 valence electrons. The number of nitrogens with two attached hydrogens (primary N) is 1. The number of sulfonamides is 1. The van der Waals surface area contributed by atoms with Gasteiger partial charge in [0.2, 0.25) is 15.9 Å². The van der Waals surface area contributed by atoms with Gasteiger partial charge in [-0.25, -0.2) is 13.1 Å². The summed E-state index contributed by atoms with van der Waals surface area (Å²) in [4.78, 5) is 13.6. The number of carbonyl (C=O) groups excluding carboxylic acids is 1. The third-order valence-corrected chi connectivity index (χ3v) is 5.90. The Kier molecular flexibility index (Phi) is 6.37. The molecule has 2 rings (SSSR count). The van der Waals surface area contributed by atoms with Crippen molar-refractivity contribution < 1.29 is 13.2 Å². The van der Waals surface area contributed by atoms with Crippen molar-refractivity contribution in [2.75, 3.05) is 18.0 Å². The minimum atomic E-state index is -3.65. The predicted octanol–water partition coefficient (Wildman–Crippen LogP) is 1.78. The Morgan fingerprint density at radius 3 is 2.79 bits per heavy atom. The summed E-state index contributed by atoms with van der Waals surface area (Å²) in [6.07, 6.45) is 4.38. The van der Waals surface area contributed by atoms with E-state index in [1.54, 1.807) is 17.0 Å². The first-order valence-corrected chi connectivity index (χ1v) is 10.0. The minimum Gasteiger partial charge on any atom is -0.329 e. The maximum absolute atomic E-state index is 12.7. The normalized spacial score (nSPS) is 15.9. The fraction of sp³-hybridized carbons (Fsp3) is 0.588. The molecule has 1 aliphatic heterocycles. The fourth-order valence-electron chi connectivity index (χ4n) is 3.01. The number of aryl methyl sites for hydroxylation is 1. The first-order chi connectivity index (χ1) is 11.4. The first kappa shape index (κ1) is 18.9. The van der Waals surface area contributed by atoms with Crippen molar-refractivity contribution >= 4 is 21.6 Å². The molecule has 0 aliphatic carbocycles. The Morgan fingerprint density at radius 2 is 2.17 bits per heavy atom. The third kappa shape index (κ3) is 4.34. The number of anilines is 1. The molecule has 7 heteroatoms. The van der Waals surface area contributed by atoms with Crippen LogP contribution >= 0.6 is 0 Å². The average molecular weight is 353 g/mol. The van der Waals surface area contributed by atoms with Crippen LogP contribution in [-0.2, 0) is 21.2 Å². The van der Waals surface area contributed by atoms with Gasteiger partial charge < -0.3 is 10.6 Å². The molecule has 0 saturated carbocycles. The molecule has 1 unspecified atom stereocenters. The van der Waals surface area contributed by atoms with Crippen LogP contribution in [0.5, 0.6) is 0 Å². The number of hydrogen-bond donors (Lipinski definition) is 2. The van der Waals surface area contributed by atoms with E-state index in [1.807, 2.05) is 6.07 Å². The van der Waals surface area contributed by atoms with E-state index in [9.17, 15) is 13.2 Å². The molecule has 0 saturated heterocycles. The van der Waals surface area contributed by atoms with Crippen LogP contribution in [0.25, 0.3) is 0 Å². The van der Waals surface area contributed by atoms with Crippen LogP contribution in [0.15, 0.2) is 23.1 Å². The summed E-state index contributed by atoms with van der Waals surface area (Å²) in [6, 6.07) is 4.75. The van der Waals surface area contributed by atoms with Crippen LogP contribution < -0.4 is 15.4 Å². The first-order valence-electron chi connectivity index (χ1n) is 8.52. The highest BCUT2D eigenvalue weighted by molar-refractivity contribution is 7.89. The zero-order chi connectivity index (χ0) is 17.7. The number of benzene rings is 1. The van der Waals surface area contributed by atoms with Crippen molar-refractivity contribution in [1.29, 1.82) is 0 Å². The molecule has 1 aromatic rings. The van der Waals surface area contributed by atoms with Gasteiger partial charge in [-0.1, -0.05) is 25.8 Å². The molecule has 1 aliphatic rings. The highest BCUT2D eigenvalue weighted by Crippen LogP contribution is 2.30. The summed E-state index contributed by atoms with van der Waals surface area (Å²) in [5.74, 6) is -0.0683. The van der Waals surface area contributed by atoms with Crippen LogP contribution in [0, 0.1) is 0 Å². The van der Waals surface area contributed by atoms with Crippen molar-refractivity contribution in [2.24, 2.45) is 5.73 Å². The summed E-state index contributed by atoms with van der Waals surface area (Å²) < 4.78 is 28.0. The molecular weight excluding hydrogens is 326 g/mol. The smallest absolute Gasteiger partial charge is 0.240 e. The van der Waals surface area contributed by atoms with Crippen molar-refractivity contribution in [3.05, 3.63) is 23.8 Å². The molecule has 1 atom stereocenters. The number of fused-ring (bicyclic) bond motifs is 1. The van der Waals surface area contributed by atoms with E-state index in [4.69, 9.17) is 5.73 Å². The van der Waals surface area contributed by atoms with Crippen molar-refractivity contribution in [3.8, 4) is 0 Å². The van der Waals surface area contributed by atoms with E-state index < -0.39 is 10.0 Å². The van der Waals surface area contributed by atoms with E-state index in [-0.39, 0.29) is 23.4 Å². The average Bonchev–Trinajstić information content (AvgIpc) is 2.57. The van der Waals surface area contributed by atoms with E-state index in [0.29, 0.717) is 12.2 Å². The Balaban J connectivity index is 2.28. The maximum atomic E-state index is 12.7. The van der Waals surface area contributed by atoms with Crippen molar-refractivity contribution in [3.63, 3.8) is 0 Å². The zero-order valence-corrected chi connectivity index (χ0v) is 15.2. The quantitative estimate of drug-likeness (QED) is 0.781. The van der Waals surface area contributed by atoms with Crippen LogP contribution in [0.2, 0.25) is 0 Å². The lowest BCUT2D eigenvalue weighted by atomic mass is 10.0. The molecule has 1 amide bonds. The summed E-state index contributed by atoms with van der Waals surface area (Å²) >= 11 is 0. The second-order valence-electron chi connectivity index (χ2n) is 6.26. The Hall–Kier alpha value is -1.44. The Morgan fingerprint density at radius 1 is 1.42 bits per heavy atom. The van der Waals surface area contributed by atoms with Crippen LogP contribution in [0.3, 0.4) is 0 Å². The number of nitrogens with zero attached hydrogens (tertiary/aromatic N) is 1. The molecule has 24 heavy (non-hydrogen) atoms. The molecule has 0 bridgehead atoms. The van der Waals surface area contributed by atoms with Gasteiger partial charge >= 0.3 is 0 Å². The standard InChI is InChI=1S/C17H27N3O3S/c1-3-4-7-15(12-18)19-24(22,23)16-9-8-14-6-5-10-20(13(2)21)17(14)11-16/h8-9,11,15,19H,3-7,10,12,18H2,1-2H3. The van der Waals surface area contributed by atoms with Gasteiger partial charge in [0, 0.05) is 31.7 Å². The third-order valence-electron chi connectivity index (χ3n) is 4.38. The van der Waals surface area contributed by atoms with Crippen molar-refractivity contribution in [1.82, 2.24) is 4.72 Å². The number of carbonyl (C=O) groups is 1. The lowest BCUT2D eigenvalue weighted by Gasteiger charge is -2.29. The number of amides is 1. The molecular formula is C17H27N3O3S. The SMILES string of the molecule is CCCCC(CN)NS(=O)(=O)c1ccc2c(c1)N(C(C)=O)CCC2. The number of nitrogens with one attached hydrogen (secondary N) is 1. The van der Waals surface area contributed by atoms with Crippen LogP contribution in [0.1, 0.15) is 45.1 Å². The lowest BCUT2D eigenvalue weighted by Crippen LogP contribution is -2.40. The lowest BCUT2D eigenvalue weighted by molar-refractivity contribution is -0.116. The van der Waals surface area contributed by atoms with Gasteiger partial charge in [0.1, 0.15) is 0 Å². The molecule has 1 heterocycles. The Labute approximate surface area is 144 Å². The predicted molar refractivity (Wildman–Crippen MR) is 95.5 cm³/mol. The number of rotatable bonds is 7. The van der Waals surface area contributed by atoms with E-state index in [1.165, 1.54) is 6.92 Å². The molecule has 0 spiro atoms. The second-order valence-corrected chi connectivity index (χ2v) is 7.97. The molecule has 0 radical (unpaired) electrons. The van der Waals surface area contributed by atoms with Crippen molar-refractivity contribution in [2.45, 2.75) is 56.9 Å². The van der Waals surface area contributed by atoms with Crippen LogP contribution in [0.4, 0.5) is 5.69 Å². The maximum Gasteiger partial charge on any atom is 0.240 e. The van der Waals surface area contributed by atoms with Gasteiger partial charge in [-0.05, 0) is 37.0 Å². The largest absolute Gasteiger partial charge is 0.329 e. The highest BCUT2D eigenvalue weighted by atomic mass is 32.2. The molecule has 6 nitrogen and oxygen atoms in total. The highest BCUT2D eigenvalue weighted by Gasteiger charge is 2.24. The van der Waals surface area contributed by atoms with Gasteiger partial charge in [0.15, 0.2) is 0 Å². The van der Waals surface area contributed by atoms with E-state index in [0.717, 1.165) is 37.7 Å². The zero-order valence-electron chi connectivity index (χ0n) is 14.4. The summed E-state index contributed by atoms with van der Waals surface area (Å²) in [5.41, 5.74) is 7.41. The molecule has 3 N–H and O–H groups in total. The molecule has 0 aromatic heterocycles. The van der Waals surface area contributed by atoms with Gasteiger partial charge in [0.25, 0.3) is 0 Å². The molecule has 1 aromatic carbocycles. The monoisotopic (exact) mass is 353 g/mol. The summed E-state index contributed by atoms with van der Waals surface area (Å²) in [5, 5.41) is 0. The van der Waals surface area contributed by atoms with E-state index in [2.05, 4.69) is 11.6 Å². The van der Waals surface area contributed by atoms with Gasteiger partial charge in [0.05, 0.1) is 4.90 Å². The Bertz CT molecular complexity index is 688. The molecule has 0 fully saturated rings. The summed E-state index contributed by atoms with van der Waals surface area (Å²) in [7, 11) is -3.65. The van der Waals surface area contributed by atoms with Crippen LogP contribution in [-0.4, -0.2) is 33.5 Å². The van der Waals surface area contributed by atoms with Gasteiger partial charge in [-0.3, -0.25) is 4.79 Å².